The van der Waals surface area contributed by atoms with Crippen molar-refractivity contribution >= 4 is 11.8 Å². The minimum Gasteiger partial charge on any atom is -0.449 e. The number of hydrogen-bond donors (Lipinski definition) is 4. The molecule has 2 atom stereocenters. The monoisotopic (exact) mass is 433 g/mol. The lowest BCUT2D eigenvalue weighted by Gasteiger charge is -2.20. The van der Waals surface area contributed by atoms with Crippen LogP contribution in [-0.2, 0) is 4.74 Å². The molecule has 2 aromatic carbocycles. The third-order valence-corrected chi connectivity index (χ3v) is 5.88. The van der Waals surface area contributed by atoms with Crippen LogP contribution in [0, 0.1) is 6.92 Å². The second-order valence-electron chi connectivity index (χ2n) is 8.00. The lowest BCUT2D eigenvalue weighted by atomic mass is 9.98. The molecule has 166 valence electrons. The zero-order chi connectivity index (χ0) is 22.7. The second-order valence-corrected chi connectivity index (χ2v) is 8.00. The number of nitrogens with zero attached hydrogens (tertiary/aromatic N) is 1. The van der Waals surface area contributed by atoms with Gasteiger partial charge < -0.3 is 26.0 Å². The van der Waals surface area contributed by atoms with Crippen molar-refractivity contribution in [3.05, 3.63) is 83.2 Å². The van der Waals surface area contributed by atoms with Gasteiger partial charge in [-0.3, -0.25) is 4.98 Å². The van der Waals surface area contributed by atoms with E-state index in [0.29, 0.717) is 16.9 Å². The number of nitrogen functional groups attached to an aromatic ring is 1. The van der Waals surface area contributed by atoms with Gasteiger partial charge in [-0.1, -0.05) is 48.5 Å². The molecule has 0 spiro atoms. The Morgan fingerprint density at radius 2 is 1.75 bits per heavy atom. The minimum atomic E-state index is -1.14. The van der Waals surface area contributed by atoms with Gasteiger partial charge in [0.05, 0.1) is 18.0 Å². The molecule has 0 bridgehead atoms. The summed E-state index contributed by atoms with van der Waals surface area (Å²) >= 11 is 0. The Labute approximate surface area is 186 Å². The fraction of sp³-hybridized carbons (Fsp3) is 0.280. The first-order valence-electron chi connectivity index (χ1n) is 10.6. The number of aliphatic hydroxyl groups excluding tert-OH is 2. The number of carbonyl (C=O) groups excluding carboxylic acids is 1. The number of carbonyl (C=O) groups is 1. The number of alkyl carbamates (subject to hydrolysis) is 1. The van der Waals surface area contributed by atoms with E-state index in [1.807, 2.05) is 24.3 Å². The molecule has 1 aliphatic rings. The average Bonchev–Trinajstić information content (AvgIpc) is 3.12. The van der Waals surface area contributed by atoms with Crippen LogP contribution in [-0.4, -0.2) is 40.5 Å². The van der Waals surface area contributed by atoms with Gasteiger partial charge in [-0.2, -0.15) is 0 Å². The summed E-state index contributed by atoms with van der Waals surface area (Å²) in [5.74, 6) is -0.0143. The topological polar surface area (TPSA) is 118 Å². The molecule has 7 heteroatoms. The molecule has 3 aromatic rings. The Balaban J connectivity index is 1.29. The van der Waals surface area contributed by atoms with Crippen LogP contribution in [0.5, 0.6) is 0 Å². The highest BCUT2D eigenvalue weighted by molar-refractivity contribution is 5.79. The van der Waals surface area contributed by atoms with Gasteiger partial charge in [0.15, 0.2) is 0 Å². The summed E-state index contributed by atoms with van der Waals surface area (Å²) in [6, 6.07) is 17.9. The molecule has 0 radical (unpaired) electrons. The van der Waals surface area contributed by atoms with Crippen LogP contribution in [0.1, 0.15) is 40.8 Å². The van der Waals surface area contributed by atoms with Gasteiger partial charge in [0.2, 0.25) is 0 Å². The van der Waals surface area contributed by atoms with Gasteiger partial charge in [0.1, 0.15) is 12.7 Å². The van der Waals surface area contributed by atoms with E-state index in [4.69, 9.17) is 10.5 Å². The summed E-state index contributed by atoms with van der Waals surface area (Å²) in [5, 5.41) is 23.4. The molecule has 1 aromatic heterocycles. The zero-order valence-corrected chi connectivity index (χ0v) is 17.9. The molecular weight excluding hydrogens is 406 g/mol. The molecule has 4 rings (SSSR count). The molecule has 32 heavy (non-hydrogen) atoms. The molecule has 1 heterocycles. The quantitative estimate of drug-likeness (QED) is 0.454. The summed E-state index contributed by atoms with van der Waals surface area (Å²) in [4.78, 5) is 16.3. The fourth-order valence-electron chi connectivity index (χ4n) is 4.20. The fourth-order valence-corrected chi connectivity index (χ4v) is 4.20. The van der Waals surface area contributed by atoms with Crippen molar-refractivity contribution in [3.8, 4) is 11.1 Å². The Morgan fingerprint density at radius 3 is 2.41 bits per heavy atom. The maximum Gasteiger partial charge on any atom is 0.407 e. The number of aliphatic hydroxyl groups is 2. The maximum atomic E-state index is 12.2. The highest BCUT2D eigenvalue weighted by Crippen LogP contribution is 2.44. The van der Waals surface area contributed by atoms with Gasteiger partial charge in [0, 0.05) is 23.7 Å². The average molecular weight is 434 g/mol. The minimum absolute atomic E-state index is 0.0143. The normalized spacial score (nSPS) is 14.3. The van der Waals surface area contributed by atoms with Gasteiger partial charge in [-0.15, -0.1) is 0 Å². The van der Waals surface area contributed by atoms with Crippen molar-refractivity contribution in [1.82, 2.24) is 10.3 Å². The van der Waals surface area contributed by atoms with E-state index in [-0.39, 0.29) is 25.5 Å². The maximum absolute atomic E-state index is 12.2. The first kappa shape index (κ1) is 21.8. The summed E-state index contributed by atoms with van der Waals surface area (Å²) in [6.07, 6.45) is -1.13. The van der Waals surface area contributed by atoms with Gasteiger partial charge in [-0.25, -0.2) is 4.79 Å². The van der Waals surface area contributed by atoms with Crippen LogP contribution in [0.25, 0.3) is 11.1 Å². The molecular formula is C25H27N3O4. The van der Waals surface area contributed by atoms with Crippen LogP contribution in [0.15, 0.2) is 60.8 Å². The summed E-state index contributed by atoms with van der Waals surface area (Å²) in [6.45, 7) is 2.11. The van der Waals surface area contributed by atoms with Crippen LogP contribution in [0.2, 0.25) is 0 Å². The second kappa shape index (κ2) is 9.38. The van der Waals surface area contributed by atoms with Crippen molar-refractivity contribution in [1.29, 1.82) is 0 Å². The largest absolute Gasteiger partial charge is 0.449 e. The Morgan fingerprint density at radius 1 is 1.12 bits per heavy atom. The molecule has 2 unspecified atom stereocenters. The first-order valence-corrected chi connectivity index (χ1v) is 10.6. The molecule has 0 saturated heterocycles. The number of amides is 1. The molecule has 1 aliphatic carbocycles. The van der Waals surface area contributed by atoms with Crippen LogP contribution < -0.4 is 11.1 Å². The number of hydrogen-bond acceptors (Lipinski definition) is 6. The predicted molar refractivity (Wildman–Crippen MR) is 122 cm³/mol. The lowest BCUT2D eigenvalue weighted by Crippen LogP contribution is -2.31. The Hall–Kier alpha value is -3.42. The third-order valence-electron chi connectivity index (χ3n) is 5.88. The number of nitrogens with one attached hydrogen (secondary N) is 1. The number of ether oxygens (including phenoxy) is 1. The highest BCUT2D eigenvalue weighted by Gasteiger charge is 2.29. The number of aromatic nitrogens is 1. The van der Waals surface area contributed by atoms with E-state index in [1.54, 1.807) is 13.0 Å². The van der Waals surface area contributed by atoms with Gasteiger partial charge in [-0.05, 0) is 41.7 Å². The smallest absolute Gasteiger partial charge is 0.407 e. The number of rotatable bonds is 7. The SMILES string of the molecule is Cc1ncc(N)cc1C(O)C(O)CCNC(=O)OCC1c2ccccc2-c2ccccc21. The van der Waals surface area contributed by atoms with Gasteiger partial charge in [0.25, 0.3) is 0 Å². The zero-order valence-electron chi connectivity index (χ0n) is 17.9. The first-order chi connectivity index (χ1) is 15.5. The van der Waals surface area contributed by atoms with Crippen molar-refractivity contribution in [2.45, 2.75) is 31.5 Å². The van der Waals surface area contributed by atoms with Crippen molar-refractivity contribution in [2.75, 3.05) is 18.9 Å². The van der Waals surface area contributed by atoms with Crippen LogP contribution in [0.4, 0.5) is 10.5 Å². The van der Waals surface area contributed by atoms with Crippen molar-refractivity contribution in [2.24, 2.45) is 0 Å². The van der Waals surface area contributed by atoms with Crippen molar-refractivity contribution < 1.29 is 19.7 Å². The molecule has 1 amide bonds. The van der Waals surface area contributed by atoms with Crippen molar-refractivity contribution in [3.63, 3.8) is 0 Å². The molecule has 0 fully saturated rings. The van der Waals surface area contributed by atoms with E-state index in [2.05, 4.69) is 34.6 Å². The Kier molecular flexibility index (Phi) is 6.39. The van der Waals surface area contributed by atoms with Gasteiger partial charge >= 0.3 is 6.09 Å². The molecule has 0 saturated carbocycles. The van der Waals surface area contributed by atoms with E-state index in [1.165, 1.54) is 17.3 Å². The number of nitrogens with two attached hydrogens (primary N) is 1. The Bertz CT molecular complexity index is 1070. The number of benzene rings is 2. The number of pyridine rings is 1. The van der Waals surface area contributed by atoms with Crippen LogP contribution in [0.3, 0.4) is 0 Å². The predicted octanol–water partition coefficient (Wildman–Crippen LogP) is 3.30. The van der Waals surface area contributed by atoms with E-state index in [9.17, 15) is 15.0 Å². The summed E-state index contributed by atoms with van der Waals surface area (Å²) in [7, 11) is 0. The summed E-state index contributed by atoms with van der Waals surface area (Å²) in [5.41, 5.74) is 11.8. The third kappa shape index (κ3) is 4.44. The lowest BCUT2D eigenvalue weighted by molar-refractivity contribution is 0.0131. The van der Waals surface area contributed by atoms with E-state index in [0.717, 1.165) is 11.1 Å². The molecule has 7 nitrogen and oxygen atoms in total. The number of anilines is 1. The highest BCUT2D eigenvalue weighted by atomic mass is 16.5. The van der Waals surface area contributed by atoms with Crippen LogP contribution >= 0.6 is 0 Å². The summed E-state index contributed by atoms with van der Waals surface area (Å²) < 4.78 is 5.48. The van der Waals surface area contributed by atoms with E-state index < -0.39 is 18.3 Å². The standard InChI is InChI=1S/C25H27N3O4/c1-15-21(12-16(26)13-28-15)24(30)23(29)10-11-27-25(31)32-14-22-19-8-4-2-6-17(19)18-7-3-5-9-20(18)22/h2-9,12-13,22-24,29-30H,10-11,14,26H2,1H3,(H,27,31). The number of aryl methyl sites for hydroxylation is 1. The molecule has 0 aliphatic heterocycles. The van der Waals surface area contributed by atoms with E-state index >= 15 is 0 Å². The number of fused-ring (bicyclic) bond motifs is 3. The molecule has 5 N–H and O–H groups in total.